The third-order valence-electron chi connectivity index (χ3n) is 4.53. The zero-order chi connectivity index (χ0) is 24.6. The minimum Gasteiger partial charge on any atom is -0.465 e. The summed E-state index contributed by atoms with van der Waals surface area (Å²) in [6.45, 7) is 9.29. The fraction of sp³-hybridized carbons (Fsp3) is 0.667. The molecule has 0 saturated heterocycles. The Morgan fingerprint density at radius 2 is 0.750 bits per heavy atom. The Balaban J connectivity index is 7.53. The third kappa shape index (κ3) is 6.26. The van der Waals surface area contributed by atoms with Gasteiger partial charge in [0.05, 0.1) is 26.4 Å². The molecule has 0 N–H and O–H groups in total. The van der Waals surface area contributed by atoms with Gasteiger partial charge in [0.15, 0.2) is 0 Å². The molecule has 0 bridgehead atoms. The SMILES string of the molecule is CCC#CCC(C(=O)OCC)(C(=O)OCC)C(CC#CCC)(C(=O)OCC)C(=O)OCC. The second-order valence-electron chi connectivity index (χ2n) is 6.46. The Morgan fingerprint density at radius 1 is 0.500 bits per heavy atom. The van der Waals surface area contributed by atoms with Crippen molar-refractivity contribution in [1.29, 1.82) is 0 Å². The van der Waals surface area contributed by atoms with Crippen molar-refractivity contribution in [3.05, 3.63) is 0 Å². The minimum atomic E-state index is -2.47. The normalized spacial score (nSPS) is 10.6. The standard InChI is InChI=1S/C24H34O8/c1-7-13-15-17-23(19(25)29-9-3,20(26)30-10-4)24(18-16-14-8-2,21(27)31-11-5)22(28)32-12-6/h7-12,17-18H2,1-6H3. The fourth-order valence-corrected chi connectivity index (χ4v) is 3.11. The molecule has 0 aliphatic carbocycles. The number of esters is 4. The lowest BCUT2D eigenvalue weighted by Crippen LogP contribution is -2.62. The highest BCUT2D eigenvalue weighted by Gasteiger charge is 2.73. The van der Waals surface area contributed by atoms with Crippen LogP contribution in [0.2, 0.25) is 0 Å². The van der Waals surface area contributed by atoms with Gasteiger partial charge in [0.2, 0.25) is 10.8 Å². The van der Waals surface area contributed by atoms with E-state index in [4.69, 9.17) is 18.9 Å². The van der Waals surface area contributed by atoms with Crippen LogP contribution in [0, 0.1) is 34.5 Å². The quantitative estimate of drug-likeness (QED) is 0.205. The molecule has 0 saturated carbocycles. The van der Waals surface area contributed by atoms with Gasteiger partial charge in [0.1, 0.15) is 0 Å². The monoisotopic (exact) mass is 450 g/mol. The molecule has 0 heterocycles. The van der Waals surface area contributed by atoms with Crippen LogP contribution >= 0.6 is 0 Å². The van der Waals surface area contributed by atoms with Crippen molar-refractivity contribution < 1.29 is 38.1 Å². The van der Waals surface area contributed by atoms with Crippen LogP contribution in [0.15, 0.2) is 0 Å². The largest absolute Gasteiger partial charge is 0.465 e. The van der Waals surface area contributed by atoms with E-state index < -0.39 is 47.5 Å². The van der Waals surface area contributed by atoms with Crippen LogP contribution in [0.3, 0.4) is 0 Å². The highest BCUT2D eigenvalue weighted by molar-refractivity contribution is 6.15. The van der Waals surface area contributed by atoms with Gasteiger partial charge in [-0.3, -0.25) is 19.2 Å². The molecular formula is C24H34O8. The average Bonchev–Trinajstić information content (AvgIpc) is 2.75. The van der Waals surface area contributed by atoms with Crippen LogP contribution < -0.4 is 0 Å². The van der Waals surface area contributed by atoms with Gasteiger partial charge >= 0.3 is 23.9 Å². The van der Waals surface area contributed by atoms with E-state index in [1.165, 1.54) is 0 Å². The Kier molecular flexibility index (Phi) is 13.5. The second-order valence-corrected chi connectivity index (χ2v) is 6.46. The Labute approximate surface area is 190 Å². The number of carbonyl (C=O) groups excluding carboxylic acids is 4. The van der Waals surface area contributed by atoms with Crippen LogP contribution in [0.5, 0.6) is 0 Å². The number of carbonyl (C=O) groups is 4. The molecule has 8 heteroatoms. The summed E-state index contributed by atoms with van der Waals surface area (Å²) < 4.78 is 20.8. The minimum absolute atomic E-state index is 0.108. The molecule has 0 radical (unpaired) electrons. The van der Waals surface area contributed by atoms with Gasteiger partial charge in [-0.1, -0.05) is 13.8 Å². The van der Waals surface area contributed by atoms with Crippen LogP contribution in [-0.4, -0.2) is 50.3 Å². The first kappa shape index (κ1) is 29.0. The maximum atomic E-state index is 13.4. The fourth-order valence-electron chi connectivity index (χ4n) is 3.11. The van der Waals surface area contributed by atoms with Gasteiger partial charge in [-0.05, 0) is 27.7 Å². The maximum absolute atomic E-state index is 13.4. The Bertz CT molecular complexity index is 673. The zero-order valence-electron chi connectivity index (χ0n) is 19.9. The summed E-state index contributed by atoms with van der Waals surface area (Å²) in [5.41, 5.74) is -4.94. The Morgan fingerprint density at radius 3 is 0.938 bits per heavy atom. The van der Waals surface area contributed by atoms with E-state index >= 15 is 0 Å². The first-order chi connectivity index (χ1) is 15.3. The number of rotatable bonds is 11. The van der Waals surface area contributed by atoms with Crippen molar-refractivity contribution in [2.45, 2.75) is 67.2 Å². The molecule has 0 aromatic rings. The average molecular weight is 451 g/mol. The maximum Gasteiger partial charge on any atom is 0.326 e. The molecule has 0 aromatic carbocycles. The summed E-state index contributed by atoms with van der Waals surface area (Å²) in [6.07, 6.45) is -0.180. The molecule has 178 valence electrons. The van der Waals surface area contributed by atoms with Gasteiger partial charge in [-0.25, -0.2) is 0 Å². The molecule has 8 nitrogen and oxygen atoms in total. The van der Waals surface area contributed by atoms with E-state index in [0.717, 1.165) is 0 Å². The van der Waals surface area contributed by atoms with Crippen molar-refractivity contribution in [3.8, 4) is 23.7 Å². The zero-order valence-corrected chi connectivity index (χ0v) is 19.9. The molecule has 0 aromatic heterocycles. The number of hydrogen-bond donors (Lipinski definition) is 0. The van der Waals surface area contributed by atoms with Crippen molar-refractivity contribution in [2.75, 3.05) is 26.4 Å². The van der Waals surface area contributed by atoms with Crippen LogP contribution in [-0.2, 0) is 38.1 Å². The molecule has 0 unspecified atom stereocenters. The highest BCUT2D eigenvalue weighted by Crippen LogP contribution is 2.49. The summed E-state index contributed by atoms with van der Waals surface area (Å²) >= 11 is 0. The van der Waals surface area contributed by atoms with E-state index in [1.807, 2.05) is 0 Å². The highest BCUT2D eigenvalue weighted by atomic mass is 16.6. The summed E-state index contributed by atoms with van der Waals surface area (Å²) in [7, 11) is 0. The predicted molar refractivity (Wildman–Crippen MR) is 117 cm³/mol. The van der Waals surface area contributed by atoms with Crippen molar-refractivity contribution in [2.24, 2.45) is 10.8 Å². The van der Waals surface area contributed by atoms with Crippen LogP contribution in [0.1, 0.15) is 67.2 Å². The number of hydrogen-bond acceptors (Lipinski definition) is 8. The van der Waals surface area contributed by atoms with E-state index in [1.54, 1.807) is 41.5 Å². The Hall–Kier alpha value is -3.00. The summed E-state index contributed by atoms with van der Waals surface area (Å²) in [4.78, 5) is 53.7. The first-order valence-electron chi connectivity index (χ1n) is 10.9. The molecule has 0 amide bonds. The van der Waals surface area contributed by atoms with E-state index in [2.05, 4.69) is 23.7 Å². The van der Waals surface area contributed by atoms with Crippen molar-refractivity contribution >= 4 is 23.9 Å². The van der Waals surface area contributed by atoms with Gasteiger partial charge in [-0.15, -0.1) is 23.7 Å². The summed E-state index contributed by atoms with van der Waals surface area (Å²) in [5.74, 6) is 6.52. The topological polar surface area (TPSA) is 105 Å². The lowest BCUT2D eigenvalue weighted by atomic mass is 9.59. The molecule has 0 atom stereocenters. The summed E-state index contributed by atoms with van der Waals surface area (Å²) in [5, 5.41) is 0. The summed E-state index contributed by atoms with van der Waals surface area (Å²) in [6, 6.07) is 0. The smallest absolute Gasteiger partial charge is 0.326 e. The third-order valence-corrected chi connectivity index (χ3v) is 4.53. The van der Waals surface area contributed by atoms with E-state index in [9.17, 15) is 19.2 Å². The van der Waals surface area contributed by atoms with Gasteiger partial charge in [0, 0.05) is 25.7 Å². The van der Waals surface area contributed by atoms with Gasteiger partial charge in [0.25, 0.3) is 0 Å². The van der Waals surface area contributed by atoms with Gasteiger partial charge in [-0.2, -0.15) is 0 Å². The lowest BCUT2D eigenvalue weighted by molar-refractivity contribution is -0.202. The molecule has 0 aliphatic rings. The van der Waals surface area contributed by atoms with E-state index in [-0.39, 0.29) is 26.4 Å². The molecule has 0 rings (SSSR count). The lowest BCUT2D eigenvalue weighted by Gasteiger charge is -2.40. The van der Waals surface area contributed by atoms with Crippen LogP contribution in [0.4, 0.5) is 0 Å². The predicted octanol–water partition coefficient (Wildman–Crippen LogP) is 2.82. The molecule has 0 spiro atoms. The van der Waals surface area contributed by atoms with Crippen LogP contribution in [0.25, 0.3) is 0 Å². The first-order valence-corrected chi connectivity index (χ1v) is 10.9. The van der Waals surface area contributed by atoms with E-state index in [0.29, 0.717) is 12.8 Å². The van der Waals surface area contributed by atoms with Crippen molar-refractivity contribution in [3.63, 3.8) is 0 Å². The van der Waals surface area contributed by atoms with Crippen molar-refractivity contribution in [1.82, 2.24) is 0 Å². The van der Waals surface area contributed by atoms with Gasteiger partial charge < -0.3 is 18.9 Å². The second kappa shape index (κ2) is 14.9. The molecule has 0 fully saturated rings. The molecule has 32 heavy (non-hydrogen) atoms. The molecule has 0 aliphatic heterocycles. The number of ether oxygens (including phenoxy) is 4. The molecular weight excluding hydrogens is 416 g/mol.